The molecule has 0 amide bonds. The van der Waals surface area contributed by atoms with E-state index in [9.17, 15) is 8.78 Å². The van der Waals surface area contributed by atoms with Crippen LogP contribution in [-0.2, 0) is 6.54 Å². The SMILES string of the molecule is CC(C)C1CN(Cc2ccc(F)cc2F)C(C)CN1. The van der Waals surface area contributed by atoms with Crippen LogP contribution in [0, 0.1) is 17.6 Å². The average Bonchev–Trinajstić information content (AvgIpc) is 2.34. The molecule has 2 rings (SSSR count). The van der Waals surface area contributed by atoms with Gasteiger partial charge in [0.25, 0.3) is 0 Å². The van der Waals surface area contributed by atoms with Crippen LogP contribution < -0.4 is 5.32 Å². The van der Waals surface area contributed by atoms with Gasteiger partial charge in [0, 0.05) is 43.3 Å². The Bertz CT molecular complexity index is 434. The van der Waals surface area contributed by atoms with Crippen molar-refractivity contribution in [3.8, 4) is 0 Å². The Kier molecular flexibility index (Phi) is 4.53. The van der Waals surface area contributed by atoms with Crippen molar-refractivity contribution in [2.45, 2.75) is 39.4 Å². The topological polar surface area (TPSA) is 15.3 Å². The maximum absolute atomic E-state index is 13.7. The molecular weight excluding hydrogens is 246 g/mol. The summed E-state index contributed by atoms with van der Waals surface area (Å²) in [6.07, 6.45) is 0. The number of piperazine rings is 1. The van der Waals surface area contributed by atoms with E-state index in [1.807, 2.05) is 0 Å². The molecule has 4 heteroatoms. The zero-order chi connectivity index (χ0) is 14.0. The van der Waals surface area contributed by atoms with E-state index in [4.69, 9.17) is 0 Å². The molecule has 1 aromatic rings. The van der Waals surface area contributed by atoms with E-state index in [0.717, 1.165) is 19.2 Å². The molecule has 1 aliphatic heterocycles. The summed E-state index contributed by atoms with van der Waals surface area (Å²) in [6, 6.07) is 4.62. The van der Waals surface area contributed by atoms with Gasteiger partial charge in [0.1, 0.15) is 11.6 Å². The van der Waals surface area contributed by atoms with E-state index in [0.29, 0.717) is 30.1 Å². The van der Waals surface area contributed by atoms with Crippen LogP contribution in [-0.4, -0.2) is 30.1 Å². The highest BCUT2D eigenvalue weighted by Gasteiger charge is 2.27. The van der Waals surface area contributed by atoms with Crippen LogP contribution in [0.15, 0.2) is 18.2 Å². The normalized spacial score (nSPS) is 24.9. The number of hydrogen-bond donors (Lipinski definition) is 1. The molecule has 0 aromatic heterocycles. The number of nitrogens with zero attached hydrogens (tertiary/aromatic N) is 1. The number of rotatable bonds is 3. The van der Waals surface area contributed by atoms with E-state index in [2.05, 4.69) is 31.0 Å². The van der Waals surface area contributed by atoms with Crippen molar-refractivity contribution in [2.75, 3.05) is 13.1 Å². The molecule has 1 aliphatic rings. The van der Waals surface area contributed by atoms with Crippen molar-refractivity contribution >= 4 is 0 Å². The van der Waals surface area contributed by atoms with E-state index < -0.39 is 11.6 Å². The lowest BCUT2D eigenvalue weighted by atomic mass is 9.99. The molecule has 0 radical (unpaired) electrons. The maximum Gasteiger partial charge on any atom is 0.130 e. The minimum absolute atomic E-state index is 0.361. The van der Waals surface area contributed by atoms with Crippen LogP contribution in [0.3, 0.4) is 0 Å². The fourth-order valence-corrected chi connectivity index (χ4v) is 2.48. The summed E-state index contributed by atoms with van der Waals surface area (Å²) < 4.78 is 26.6. The summed E-state index contributed by atoms with van der Waals surface area (Å²) in [6.45, 7) is 8.85. The summed E-state index contributed by atoms with van der Waals surface area (Å²) >= 11 is 0. The number of hydrogen-bond acceptors (Lipinski definition) is 2. The molecule has 1 fully saturated rings. The molecule has 0 saturated carbocycles. The molecule has 2 unspecified atom stereocenters. The van der Waals surface area contributed by atoms with Gasteiger partial charge in [0.15, 0.2) is 0 Å². The first-order chi connectivity index (χ1) is 8.97. The van der Waals surface area contributed by atoms with E-state index >= 15 is 0 Å². The first kappa shape index (κ1) is 14.4. The molecule has 1 saturated heterocycles. The molecule has 0 bridgehead atoms. The van der Waals surface area contributed by atoms with Gasteiger partial charge < -0.3 is 5.32 Å². The lowest BCUT2D eigenvalue weighted by molar-refractivity contribution is 0.115. The first-order valence-corrected chi connectivity index (χ1v) is 6.88. The largest absolute Gasteiger partial charge is 0.311 e. The zero-order valence-corrected chi connectivity index (χ0v) is 11.8. The van der Waals surface area contributed by atoms with Crippen molar-refractivity contribution in [1.82, 2.24) is 10.2 Å². The van der Waals surface area contributed by atoms with Gasteiger partial charge in [-0.25, -0.2) is 8.78 Å². The van der Waals surface area contributed by atoms with Crippen LogP contribution >= 0.6 is 0 Å². The first-order valence-electron chi connectivity index (χ1n) is 6.88. The third-order valence-electron chi connectivity index (χ3n) is 3.92. The van der Waals surface area contributed by atoms with Gasteiger partial charge in [-0.15, -0.1) is 0 Å². The van der Waals surface area contributed by atoms with Crippen molar-refractivity contribution in [2.24, 2.45) is 5.92 Å². The van der Waals surface area contributed by atoms with Crippen LogP contribution in [0.1, 0.15) is 26.3 Å². The lowest BCUT2D eigenvalue weighted by Gasteiger charge is -2.40. The maximum atomic E-state index is 13.7. The van der Waals surface area contributed by atoms with Crippen LogP contribution in [0.5, 0.6) is 0 Å². The molecule has 2 atom stereocenters. The monoisotopic (exact) mass is 268 g/mol. The van der Waals surface area contributed by atoms with Gasteiger partial charge in [-0.2, -0.15) is 0 Å². The Labute approximate surface area is 113 Å². The quantitative estimate of drug-likeness (QED) is 0.907. The molecule has 19 heavy (non-hydrogen) atoms. The van der Waals surface area contributed by atoms with Gasteiger partial charge in [-0.1, -0.05) is 19.9 Å². The van der Waals surface area contributed by atoms with Crippen molar-refractivity contribution in [1.29, 1.82) is 0 Å². The Morgan fingerprint density at radius 3 is 2.74 bits per heavy atom. The van der Waals surface area contributed by atoms with E-state index in [-0.39, 0.29) is 0 Å². The smallest absolute Gasteiger partial charge is 0.130 e. The van der Waals surface area contributed by atoms with E-state index in [1.54, 1.807) is 6.07 Å². The van der Waals surface area contributed by atoms with E-state index in [1.165, 1.54) is 6.07 Å². The molecule has 0 aliphatic carbocycles. The predicted molar refractivity (Wildman–Crippen MR) is 72.9 cm³/mol. The zero-order valence-electron chi connectivity index (χ0n) is 11.8. The van der Waals surface area contributed by atoms with Crippen LogP contribution in [0.2, 0.25) is 0 Å². The molecular formula is C15H22F2N2. The fraction of sp³-hybridized carbons (Fsp3) is 0.600. The Morgan fingerprint density at radius 2 is 2.11 bits per heavy atom. The highest BCUT2D eigenvalue weighted by Crippen LogP contribution is 2.18. The average molecular weight is 268 g/mol. The number of nitrogens with one attached hydrogen (secondary N) is 1. The van der Waals surface area contributed by atoms with Crippen molar-refractivity contribution in [3.63, 3.8) is 0 Å². The molecule has 1 heterocycles. The second kappa shape index (κ2) is 5.97. The minimum Gasteiger partial charge on any atom is -0.311 e. The highest BCUT2D eigenvalue weighted by molar-refractivity contribution is 5.18. The van der Waals surface area contributed by atoms with Gasteiger partial charge >= 0.3 is 0 Å². The summed E-state index contributed by atoms with van der Waals surface area (Å²) in [5.74, 6) is -0.422. The molecule has 0 spiro atoms. The highest BCUT2D eigenvalue weighted by atomic mass is 19.1. The third kappa shape index (κ3) is 3.51. The van der Waals surface area contributed by atoms with Gasteiger partial charge in [-0.05, 0) is 18.9 Å². The Morgan fingerprint density at radius 1 is 1.37 bits per heavy atom. The number of benzene rings is 1. The van der Waals surface area contributed by atoms with Crippen molar-refractivity contribution < 1.29 is 8.78 Å². The second-order valence-corrected chi connectivity index (χ2v) is 5.77. The fourth-order valence-electron chi connectivity index (χ4n) is 2.48. The lowest BCUT2D eigenvalue weighted by Crippen LogP contribution is -2.56. The third-order valence-corrected chi connectivity index (χ3v) is 3.92. The molecule has 2 nitrogen and oxygen atoms in total. The summed E-state index contributed by atoms with van der Waals surface area (Å²) in [7, 11) is 0. The van der Waals surface area contributed by atoms with Crippen LogP contribution in [0.4, 0.5) is 8.78 Å². The van der Waals surface area contributed by atoms with Gasteiger partial charge in [-0.3, -0.25) is 4.90 Å². The standard InChI is InChI=1S/C15H22F2N2/c1-10(2)15-9-19(11(3)7-18-15)8-12-4-5-13(16)6-14(12)17/h4-6,10-11,15,18H,7-9H2,1-3H3. The van der Waals surface area contributed by atoms with Crippen LogP contribution in [0.25, 0.3) is 0 Å². The molecule has 1 N–H and O–H groups in total. The summed E-state index contributed by atoms with van der Waals surface area (Å²) in [5.41, 5.74) is 0.567. The Hall–Kier alpha value is -1.00. The second-order valence-electron chi connectivity index (χ2n) is 5.77. The minimum atomic E-state index is -0.519. The van der Waals surface area contributed by atoms with Gasteiger partial charge in [0.2, 0.25) is 0 Å². The Balaban J connectivity index is 2.07. The van der Waals surface area contributed by atoms with Crippen molar-refractivity contribution in [3.05, 3.63) is 35.4 Å². The number of halogens is 2. The van der Waals surface area contributed by atoms with Gasteiger partial charge in [0.05, 0.1) is 0 Å². The molecule has 1 aromatic carbocycles. The summed E-state index contributed by atoms with van der Waals surface area (Å²) in [4.78, 5) is 2.26. The summed E-state index contributed by atoms with van der Waals surface area (Å²) in [5, 5.41) is 3.51. The predicted octanol–water partition coefficient (Wildman–Crippen LogP) is 2.78. The molecule has 106 valence electrons.